The number of hydrogen-bond donors (Lipinski definition) is 5. The molecule has 0 bridgehead atoms. The molecule has 2 atom stereocenters. The van der Waals surface area contributed by atoms with Crippen molar-refractivity contribution in [3.63, 3.8) is 0 Å². The van der Waals surface area contributed by atoms with Crippen LogP contribution in [0.25, 0.3) is 10.9 Å². The number of nitrogens with two attached hydrogens (primary N) is 1. The highest BCUT2D eigenvalue weighted by Crippen LogP contribution is 2.35. The summed E-state index contributed by atoms with van der Waals surface area (Å²) < 4.78 is 39.4. The number of H-pyrrole nitrogens is 2. The topological polar surface area (TPSA) is 137 Å². The number of alkyl halides is 3. The van der Waals surface area contributed by atoms with Crippen molar-refractivity contribution in [3.8, 4) is 0 Å². The number of aliphatic carboxylic acids is 1. The Kier molecular flexibility index (Phi) is 5.59. The minimum Gasteiger partial charge on any atom is -0.480 e. The molecule has 2 aromatic heterocycles. The number of carbonyl (C=O) groups is 2. The van der Waals surface area contributed by atoms with Crippen molar-refractivity contribution in [2.45, 2.75) is 31.1 Å². The van der Waals surface area contributed by atoms with Crippen molar-refractivity contribution in [2.24, 2.45) is 5.73 Å². The predicted molar refractivity (Wildman–Crippen MR) is 96.8 cm³/mol. The van der Waals surface area contributed by atoms with Crippen molar-refractivity contribution in [1.29, 1.82) is 0 Å². The number of para-hydroxylation sites is 1. The van der Waals surface area contributed by atoms with Crippen LogP contribution >= 0.6 is 0 Å². The average molecular weight is 409 g/mol. The number of carbonyl (C=O) groups excluding carboxylic acids is 1. The van der Waals surface area contributed by atoms with E-state index in [0.29, 0.717) is 11.3 Å². The lowest BCUT2D eigenvalue weighted by Crippen LogP contribution is -2.50. The number of rotatable bonds is 7. The van der Waals surface area contributed by atoms with Crippen molar-refractivity contribution >= 4 is 22.8 Å². The molecule has 154 valence electrons. The van der Waals surface area contributed by atoms with Gasteiger partial charge < -0.3 is 26.1 Å². The maximum Gasteiger partial charge on any atom is 0.418 e. The Hall–Kier alpha value is -3.34. The van der Waals surface area contributed by atoms with E-state index in [1.807, 2.05) is 0 Å². The summed E-state index contributed by atoms with van der Waals surface area (Å²) in [6, 6.07) is 1.27. The van der Waals surface area contributed by atoms with Crippen LogP contribution in [0.15, 0.2) is 36.9 Å². The fourth-order valence-corrected chi connectivity index (χ4v) is 3.04. The van der Waals surface area contributed by atoms with Gasteiger partial charge in [-0.05, 0) is 11.6 Å². The van der Waals surface area contributed by atoms with Gasteiger partial charge in [0.25, 0.3) is 0 Å². The number of nitrogens with one attached hydrogen (secondary N) is 3. The number of amides is 1. The third kappa shape index (κ3) is 4.57. The third-order valence-corrected chi connectivity index (χ3v) is 4.48. The van der Waals surface area contributed by atoms with Crippen LogP contribution in [0.4, 0.5) is 13.2 Å². The fraction of sp³-hybridized carbons (Fsp3) is 0.278. The zero-order valence-electron chi connectivity index (χ0n) is 15.0. The lowest BCUT2D eigenvalue weighted by Gasteiger charge is -2.17. The van der Waals surface area contributed by atoms with Crippen molar-refractivity contribution < 1.29 is 27.9 Å². The number of hydrogen-bond acceptors (Lipinski definition) is 4. The van der Waals surface area contributed by atoms with Crippen LogP contribution in [0.3, 0.4) is 0 Å². The lowest BCUT2D eigenvalue weighted by atomic mass is 10.0. The molecule has 29 heavy (non-hydrogen) atoms. The van der Waals surface area contributed by atoms with Gasteiger partial charge in [-0.25, -0.2) is 9.78 Å². The minimum absolute atomic E-state index is 0.125. The van der Waals surface area contributed by atoms with E-state index in [0.717, 1.165) is 6.07 Å². The van der Waals surface area contributed by atoms with Crippen LogP contribution in [0.2, 0.25) is 0 Å². The van der Waals surface area contributed by atoms with Gasteiger partial charge in [0.05, 0.1) is 23.4 Å². The Balaban J connectivity index is 1.77. The first-order valence-corrected chi connectivity index (χ1v) is 8.59. The van der Waals surface area contributed by atoms with E-state index in [1.165, 1.54) is 30.9 Å². The van der Waals surface area contributed by atoms with Gasteiger partial charge in [0.1, 0.15) is 6.04 Å². The fourth-order valence-electron chi connectivity index (χ4n) is 3.04. The Morgan fingerprint density at radius 1 is 1.24 bits per heavy atom. The highest BCUT2D eigenvalue weighted by atomic mass is 19.4. The van der Waals surface area contributed by atoms with Gasteiger partial charge in [-0.2, -0.15) is 13.2 Å². The normalized spacial score (nSPS) is 13.9. The number of aromatic nitrogens is 3. The van der Waals surface area contributed by atoms with Gasteiger partial charge in [0.15, 0.2) is 0 Å². The molecule has 0 fully saturated rings. The molecule has 0 radical (unpaired) electrons. The van der Waals surface area contributed by atoms with Crippen LogP contribution in [0.5, 0.6) is 0 Å². The van der Waals surface area contributed by atoms with Crippen LogP contribution in [-0.2, 0) is 28.6 Å². The summed E-state index contributed by atoms with van der Waals surface area (Å²) in [4.78, 5) is 33.0. The van der Waals surface area contributed by atoms with Crippen LogP contribution in [-0.4, -0.2) is 44.0 Å². The molecule has 11 heteroatoms. The van der Waals surface area contributed by atoms with Crippen LogP contribution in [0, 0.1) is 0 Å². The Morgan fingerprint density at radius 2 is 2.00 bits per heavy atom. The zero-order chi connectivity index (χ0) is 21.2. The maximum atomic E-state index is 13.1. The van der Waals surface area contributed by atoms with E-state index in [-0.39, 0.29) is 23.7 Å². The Labute approximate surface area is 162 Å². The summed E-state index contributed by atoms with van der Waals surface area (Å²) in [5.41, 5.74) is 5.76. The number of imidazole rings is 1. The van der Waals surface area contributed by atoms with Gasteiger partial charge in [0.2, 0.25) is 5.91 Å². The second-order valence-corrected chi connectivity index (χ2v) is 6.53. The molecular weight excluding hydrogens is 391 g/mol. The van der Waals surface area contributed by atoms with Crippen LogP contribution in [0.1, 0.15) is 16.8 Å². The van der Waals surface area contributed by atoms with Crippen molar-refractivity contribution in [2.75, 3.05) is 0 Å². The van der Waals surface area contributed by atoms with Gasteiger partial charge >= 0.3 is 12.1 Å². The molecule has 8 nitrogen and oxygen atoms in total. The molecule has 0 unspecified atom stereocenters. The zero-order valence-corrected chi connectivity index (χ0v) is 15.0. The van der Waals surface area contributed by atoms with E-state index in [1.54, 1.807) is 0 Å². The summed E-state index contributed by atoms with van der Waals surface area (Å²) in [7, 11) is 0. The number of benzene rings is 1. The molecule has 0 saturated carbocycles. The van der Waals surface area contributed by atoms with E-state index < -0.39 is 35.7 Å². The van der Waals surface area contributed by atoms with E-state index in [2.05, 4.69) is 20.3 Å². The Bertz CT molecular complexity index is 1010. The third-order valence-electron chi connectivity index (χ3n) is 4.48. The first kappa shape index (κ1) is 20.4. The Morgan fingerprint density at radius 3 is 2.62 bits per heavy atom. The molecule has 0 saturated heterocycles. The molecular formula is C18H18F3N5O3. The van der Waals surface area contributed by atoms with Crippen LogP contribution < -0.4 is 11.1 Å². The highest BCUT2D eigenvalue weighted by Gasteiger charge is 2.33. The highest BCUT2D eigenvalue weighted by molar-refractivity contribution is 5.89. The molecule has 2 heterocycles. The van der Waals surface area contributed by atoms with Crippen molar-refractivity contribution in [1.82, 2.24) is 20.3 Å². The molecule has 0 aliphatic heterocycles. The van der Waals surface area contributed by atoms with E-state index in [9.17, 15) is 27.9 Å². The largest absolute Gasteiger partial charge is 0.480 e. The average Bonchev–Trinajstić information content (AvgIpc) is 3.29. The molecule has 0 aliphatic carbocycles. The van der Waals surface area contributed by atoms with E-state index in [4.69, 9.17) is 5.73 Å². The molecule has 1 amide bonds. The van der Waals surface area contributed by atoms with Gasteiger partial charge in [0, 0.05) is 36.3 Å². The molecule has 6 N–H and O–H groups in total. The number of aromatic amines is 2. The smallest absolute Gasteiger partial charge is 0.418 e. The van der Waals surface area contributed by atoms with Crippen molar-refractivity contribution in [3.05, 3.63) is 53.7 Å². The maximum absolute atomic E-state index is 13.1. The molecule has 0 aliphatic rings. The SMILES string of the molecule is N[C@@H](Cc1cnc[nH]1)C(=O)N[C@@H](Cc1c[nH]c2c(C(F)(F)F)cccc12)C(=O)O. The minimum atomic E-state index is -4.55. The number of nitrogens with zero attached hydrogens (tertiary/aromatic N) is 1. The first-order valence-electron chi connectivity index (χ1n) is 8.59. The predicted octanol–water partition coefficient (Wildman–Crippen LogP) is 1.59. The second-order valence-electron chi connectivity index (χ2n) is 6.53. The molecule has 3 aromatic rings. The van der Waals surface area contributed by atoms with Gasteiger partial charge in [-0.3, -0.25) is 4.79 Å². The quantitative estimate of drug-likeness (QED) is 0.404. The second kappa shape index (κ2) is 7.95. The first-order chi connectivity index (χ1) is 13.7. The van der Waals surface area contributed by atoms with E-state index >= 15 is 0 Å². The summed E-state index contributed by atoms with van der Waals surface area (Å²) in [5.74, 6) is -2.02. The summed E-state index contributed by atoms with van der Waals surface area (Å²) in [6.45, 7) is 0. The summed E-state index contributed by atoms with van der Waals surface area (Å²) >= 11 is 0. The summed E-state index contributed by atoms with van der Waals surface area (Å²) in [6.07, 6.45) is -0.411. The number of carboxylic acids is 1. The van der Waals surface area contributed by atoms with Gasteiger partial charge in [-0.15, -0.1) is 0 Å². The van der Waals surface area contributed by atoms with Gasteiger partial charge in [-0.1, -0.05) is 12.1 Å². The molecule has 3 rings (SSSR count). The standard InChI is InChI=1S/C18H18F3N5O3/c19-18(20,21)12-3-1-2-11-9(6-24-15(11)12)4-14(17(28)29)26-16(27)13(22)5-10-7-23-8-25-10/h1-3,6-8,13-14,24H,4-5,22H2,(H,23,25)(H,26,27)(H,28,29)/t13-,14-/m0/s1. The molecule has 0 spiro atoms. The lowest BCUT2D eigenvalue weighted by molar-refractivity contribution is -0.142. The monoisotopic (exact) mass is 409 g/mol. The number of carboxylic acid groups (broad SMARTS) is 1. The molecule has 1 aromatic carbocycles. The summed E-state index contributed by atoms with van der Waals surface area (Å²) in [5, 5.41) is 12.0. The number of fused-ring (bicyclic) bond motifs is 1. The number of halogens is 3.